The van der Waals surface area contributed by atoms with Gasteiger partial charge in [0.05, 0.1) is 16.4 Å². The van der Waals surface area contributed by atoms with E-state index in [0.29, 0.717) is 11.8 Å². The molecule has 0 spiro atoms. The Balaban J connectivity index is 2.88. The fraction of sp³-hybridized carbons (Fsp3) is 0.700. The molecular formula is C10H15Cl3N2. The van der Waals surface area contributed by atoms with Crippen molar-refractivity contribution in [3.63, 3.8) is 0 Å². The lowest BCUT2D eigenvalue weighted by Crippen LogP contribution is -2.11. The van der Waals surface area contributed by atoms with Gasteiger partial charge in [-0.1, -0.05) is 18.5 Å². The molecule has 0 aliphatic heterocycles. The Morgan fingerprint density at radius 1 is 1.33 bits per heavy atom. The van der Waals surface area contributed by atoms with Crippen LogP contribution in [-0.2, 0) is 19.9 Å². The summed E-state index contributed by atoms with van der Waals surface area (Å²) >= 11 is 17.8. The van der Waals surface area contributed by atoms with Gasteiger partial charge in [-0.3, -0.25) is 4.68 Å². The molecule has 0 radical (unpaired) electrons. The van der Waals surface area contributed by atoms with Crippen LogP contribution >= 0.6 is 34.8 Å². The molecule has 0 aliphatic rings. The van der Waals surface area contributed by atoms with E-state index in [9.17, 15) is 0 Å². The first-order chi connectivity index (χ1) is 7.13. The minimum Gasteiger partial charge on any atom is -0.271 e. The molecule has 1 aromatic heterocycles. The standard InChI is InChI=1S/C10H15Cl3N2/c1-3-8-10(13)9(15(2)14-8)4-7(5-11)6-12/h7H,3-6H2,1-2H3. The van der Waals surface area contributed by atoms with Crippen molar-refractivity contribution in [2.75, 3.05) is 11.8 Å². The predicted molar refractivity (Wildman–Crippen MR) is 66.2 cm³/mol. The zero-order chi connectivity index (χ0) is 11.4. The average Bonchev–Trinajstić information content (AvgIpc) is 2.51. The van der Waals surface area contributed by atoms with Gasteiger partial charge in [-0.25, -0.2) is 0 Å². The summed E-state index contributed by atoms with van der Waals surface area (Å²) in [5.41, 5.74) is 1.97. The fourth-order valence-corrected chi connectivity index (χ4v) is 2.38. The normalized spacial score (nSPS) is 11.3. The first-order valence-corrected chi connectivity index (χ1v) is 6.40. The van der Waals surface area contributed by atoms with Gasteiger partial charge in [0.15, 0.2) is 0 Å². The molecule has 15 heavy (non-hydrogen) atoms. The van der Waals surface area contributed by atoms with E-state index in [4.69, 9.17) is 34.8 Å². The van der Waals surface area contributed by atoms with E-state index in [1.165, 1.54) is 0 Å². The molecule has 2 nitrogen and oxygen atoms in total. The Labute approximate surface area is 106 Å². The SMILES string of the molecule is CCc1nn(C)c(CC(CCl)CCl)c1Cl. The van der Waals surface area contributed by atoms with Crippen LogP contribution in [0.3, 0.4) is 0 Å². The summed E-state index contributed by atoms with van der Waals surface area (Å²) in [5.74, 6) is 1.35. The molecule has 0 N–H and O–H groups in total. The number of hydrogen-bond acceptors (Lipinski definition) is 1. The van der Waals surface area contributed by atoms with Crippen molar-refractivity contribution in [2.45, 2.75) is 19.8 Å². The maximum Gasteiger partial charge on any atom is 0.0849 e. The Morgan fingerprint density at radius 3 is 2.33 bits per heavy atom. The molecule has 1 aromatic rings. The van der Waals surface area contributed by atoms with Crippen molar-refractivity contribution in [1.29, 1.82) is 0 Å². The lowest BCUT2D eigenvalue weighted by Gasteiger charge is -2.10. The molecule has 1 rings (SSSR count). The van der Waals surface area contributed by atoms with Crippen LogP contribution in [0.4, 0.5) is 0 Å². The summed E-state index contributed by atoms with van der Waals surface area (Å²) in [6, 6.07) is 0. The van der Waals surface area contributed by atoms with Crippen LogP contribution in [0.15, 0.2) is 0 Å². The number of aryl methyl sites for hydroxylation is 2. The number of halogens is 3. The lowest BCUT2D eigenvalue weighted by atomic mass is 10.1. The molecule has 1 heterocycles. The average molecular weight is 270 g/mol. The number of hydrogen-bond donors (Lipinski definition) is 0. The molecule has 5 heteroatoms. The Hall–Kier alpha value is 0.0800. The Morgan fingerprint density at radius 2 is 1.93 bits per heavy atom. The zero-order valence-corrected chi connectivity index (χ0v) is 11.2. The Bertz CT molecular complexity index is 319. The maximum absolute atomic E-state index is 6.22. The van der Waals surface area contributed by atoms with E-state index in [2.05, 4.69) is 5.10 Å². The third-order valence-electron chi connectivity index (χ3n) is 2.42. The van der Waals surface area contributed by atoms with Crippen molar-refractivity contribution in [2.24, 2.45) is 13.0 Å². The number of nitrogens with zero attached hydrogens (tertiary/aromatic N) is 2. The van der Waals surface area contributed by atoms with Gasteiger partial charge in [0.1, 0.15) is 0 Å². The molecule has 86 valence electrons. The van der Waals surface area contributed by atoms with Crippen LogP contribution in [0.1, 0.15) is 18.3 Å². The number of alkyl halides is 2. The fourth-order valence-electron chi connectivity index (χ4n) is 1.47. The van der Waals surface area contributed by atoms with E-state index in [0.717, 1.165) is 29.3 Å². The van der Waals surface area contributed by atoms with Gasteiger partial charge in [0.2, 0.25) is 0 Å². The van der Waals surface area contributed by atoms with Crippen molar-refractivity contribution < 1.29 is 0 Å². The maximum atomic E-state index is 6.22. The highest BCUT2D eigenvalue weighted by atomic mass is 35.5. The largest absolute Gasteiger partial charge is 0.271 e. The molecule has 0 unspecified atom stereocenters. The van der Waals surface area contributed by atoms with Gasteiger partial charge < -0.3 is 0 Å². The van der Waals surface area contributed by atoms with Gasteiger partial charge in [0.25, 0.3) is 0 Å². The van der Waals surface area contributed by atoms with Crippen LogP contribution < -0.4 is 0 Å². The van der Waals surface area contributed by atoms with Crippen molar-refractivity contribution >= 4 is 34.8 Å². The highest BCUT2D eigenvalue weighted by Crippen LogP contribution is 2.24. The van der Waals surface area contributed by atoms with Crippen LogP contribution in [0.25, 0.3) is 0 Å². The monoisotopic (exact) mass is 268 g/mol. The minimum atomic E-state index is 0.255. The van der Waals surface area contributed by atoms with Crippen LogP contribution in [0.2, 0.25) is 5.02 Å². The summed E-state index contributed by atoms with van der Waals surface area (Å²) in [6.07, 6.45) is 1.63. The van der Waals surface area contributed by atoms with E-state index in [-0.39, 0.29) is 5.92 Å². The van der Waals surface area contributed by atoms with Crippen molar-refractivity contribution in [1.82, 2.24) is 9.78 Å². The second-order valence-corrected chi connectivity index (χ2v) is 4.56. The summed E-state index contributed by atoms with van der Waals surface area (Å²) in [4.78, 5) is 0. The molecule has 0 bridgehead atoms. The van der Waals surface area contributed by atoms with Crippen LogP contribution in [0, 0.1) is 5.92 Å². The Kier molecular flexibility index (Phi) is 5.24. The van der Waals surface area contributed by atoms with E-state index in [1.54, 1.807) is 0 Å². The molecule has 0 aliphatic carbocycles. The van der Waals surface area contributed by atoms with Gasteiger partial charge >= 0.3 is 0 Å². The number of aromatic nitrogens is 2. The van der Waals surface area contributed by atoms with Gasteiger partial charge in [-0.15, -0.1) is 23.2 Å². The third-order valence-corrected chi connectivity index (χ3v) is 3.73. The molecule has 0 amide bonds. The van der Waals surface area contributed by atoms with Crippen LogP contribution in [0.5, 0.6) is 0 Å². The smallest absolute Gasteiger partial charge is 0.0849 e. The summed E-state index contributed by atoms with van der Waals surface area (Å²) in [6.45, 7) is 2.04. The summed E-state index contributed by atoms with van der Waals surface area (Å²) in [7, 11) is 1.90. The highest BCUT2D eigenvalue weighted by molar-refractivity contribution is 6.32. The van der Waals surface area contributed by atoms with Crippen molar-refractivity contribution in [3.8, 4) is 0 Å². The molecular weight excluding hydrogens is 254 g/mol. The van der Waals surface area contributed by atoms with Crippen LogP contribution in [-0.4, -0.2) is 21.5 Å². The first-order valence-electron chi connectivity index (χ1n) is 4.96. The van der Waals surface area contributed by atoms with Gasteiger partial charge in [-0.2, -0.15) is 5.10 Å². The minimum absolute atomic E-state index is 0.255. The molecule has 0 aromatic carbocycles. The number of rotatable bonds is 5. The third kappa shape index (κ3) is 3.02. The molecule has 0 fully saturated rings. The zero-order valence-electron chi connectivity index (χ0n) is 8.93. The lowest BCUT2D eigenvalue weighted by molar-refractivity contribution is 0.604. The topological polar surface area (TPSA) is 17.8 Å². The highest BCUT2D eigenvalue weighted by Gasteiger charge is 2.16. The van der Waals surface area contributed by atoms with E-state index < -0.39 is 0 Å². The van der Waals surface area contributed by atoms with Gasteiger partial charge in [0, 0.05) is 18.8 Å². The molecule has 0 saturated heterocycles. The van der Waals surface area contributed by atoms with E-state index in [1.807, 2.05) is 18.7 Å². The predicted octanol–water partition coefficient (Wildman–Crippen LogP) is 3.27. The molecule has 0 atom stereocenters. The summed E-state index contributed by atoms with van der Waals surface area (Å²) in [5, 5.41) is 5.11. The second kappa shape index (κ2) is 5.97. The second-order valence-electron chi connectivity index (χ2n) is 3.56. The van der Waals surface area contributed by atoms with Gasteiger partial charge in [-0.05, 0) is 18.8 Å². The van der Waals surface area contributed by atoms with Crippen molar-refractivity contribution in [3.05, 3.63) is 16.4 Å². The first kappa shape index (κ1) is 13.1. The summed E-state index contributed by atoms with van der Waals surface area (Å²) < 4.78 is 1.83. The quantitative estimate of drug-likeness (QED) is 0.750. The van der Waals surface area contributed by atoms with E-state index >= 15 is 0 Å². The molecule has 0 saturated carbocycles.